The number of aromatic nitrogens is 2. The number of aryl methyl sites for hydroxylation is 2. The second-order valence-corrected chi connectivity index (χ2v) is 6.41. The number of pyridine rings is 1. The second-order valence-electron chi connectivity index (χ2n) is 6.41. The summed E-state index contributed by atoms with van der Waals surface area (Å²) >= 11 is 0. The highest BCUT2D eigenvalue weighted by Gasteiger charge is 2.24. The van der Waals surface area contributed by atoms with Gasteiger partial charge in [0, 0.05) is 31.4 Å². The highest BCUT2D eigenvalue weighted by atomic mass is 16.5. The third kappa shape index (κ3) is 4.20. The Morgan fingerprint density at radius 3 is 3.04 bits per heavy atom. The molecular formula is C18H24N4O2. The van der Waals surface area contributed by atoms with Gasteiger partial charge in [0.25, 0.3) is 5.91 Å². The molecule has 1 fully saturated rings. The van der Waals surface area contributed by atoms with E-state index in [-0.39, 0.29) is 5.91 Å². The van der Waals surface area contributed by atoms with Crippen molar-refractivity contribution in [1.82, 2.24) is 20.4 Å². The molecule has 1 aliphatic rings. The van der Waals surface area contributed by atoms with E-state index in [0.29, 0.717) is 18.2 Å². The summed E-state index contributed by atoms with van der Waals surface area (Å²) in [4.78, 5) is 19.0. The Kier molecular flexibility index (Phi) is 5.25. The summed E-state index contributed by atoms with van der Waals surface area (Å²) in [6.45, 7) is 7.55. The zero-order valence-corrected chi connectivity index (χ0v) is 14.3. The van der Waals surface area contributed by atoms with Crippen LogP contribution in [0.15, 0.2) is 28.8 Å². The normalized spacial score (nSPS) is 18.0. The van der Waals surface area contributed by atoms with Crippen molar-refractivity contribution in [2.24, 2.45) is 5.92 Å². The lowest BCUT2D eigenvalue weighted by atomic mass is 10.1. The molecule has 1 unspecified atom stereocenters. The molecule has 0 saturated carbocycles. The molecule has 1 saturated heterocycles. The first kappa shape index (κ1) is 16.6. The van der Waals surface area contributed by atoms with Gasteiger partial charge in [-0.15, -0.1) is 0 Å². The number of carbonyl (C=O) groups excluding carboxylic acids is 1. The third-order valence-electron chi connectivity index (χ3n) is 4.40. The average Bonchev–Trinajstić information content (AvgIpc) is 3.22. The summed E-state index contributed by atoms with van der Waals surface area (Å²) < 4.78 is 5.06. The number of hydrogen-bond acceptors (Lipinski definition) is 5. The van der Waals surface area contributed by atoms with Crippen LogP contribution in [0.25, 0.3) is 0 Å². The molecule has 3 heterocycles. The minimum absolute atomic E-state index is 0.180. The molecule has 2 aromatic heterocycles. The molecule has 6 heteroatoms. The van der Waals surface area contributed by atoms with Crippen LogP contribution in [0, 0.1) is 12.8 Å². The first-order chi connectivity index (χ1) is 11.6. The van der Waals surface area contributed by atoms with Crippen LogP contribution in [-0.4, -0.2) is 40.6 Å². The summed E-state index contributed by atoms with van der Waals surface area (Å²) in [6.07, 6.45) is 1.85. The Hall–Kier alpha value is -2.21. The molecule has 3 rings (SSSR count). The van der Waals surface area contributed by atoms with Crippen molar-refractivity contribution >= 4 is 5.91 Å². The van der Waals surface area contributed by atoms with Crippen molar-refractivity contribution in [3.63, 3.8) is 0 Å². The van der Waals surface area contributed by atoms with Crippen molar-refractivity contribution in [1.29, 1.82) is 0 Å². The van der Waals surface area contributed by atoms with E-state index in [2.05, 4.69) is 26.4 Å². The van der Waals surface area contributed by atoms with Crippen molar-refractivity contribution < 1.29 is 9.32 Å². The Morgan fingerprint density at radius 1 is 1.42 bits per heavy atom. The van der Waals surface area contributed by atoms with Crippen molar-refractivity contribution in [3.05, 3.63) is 47.1 Å². The SMILES string of the molecule is CCc1cc(C(=O)NCC2CCN(Cc3cccc(C)n3)C2)on1. The van der Waals surface area contributed by atoms with E-state index in [4.69, 9.17) is 4.52 Å². The number of nitrogens with one attached hydrogen (secondary N) is 1. The minimum atomic E-state index is -0.180. The van der Waals surface area contributed by atoms with E-state index in [1.54, 1.807) is 6.07 Å². The van der Waals surface area contributed by atoms with Gasteiger partial charge in [0.1, 0.15) is 0 Å². The smallest absolute Gasteiger partial charge is 0.289 e. The Balaban J connectivity index is 1.45. The van der Waals surface area contributed by atoms with E-state index >= 15 is 0 Å². The summed E-state index contributed by atoms with van der Waals surface area (Å²) in [5.74, 6) is 0.582. The molecule has 0 spiro atoms. The number of likely N-dealkylation sites (tertiary alicyclic amines) is 1. The minimum Gasteiger partial charge on any atom is -0.351 e. The zero-order chi connectivity index (χ0) is 16.9. The lowest BCUT2D eigenvalue weighted by Gasteiger charge is -2.16. The van der Waals surface area contributed by atoms with E-state index in [0.717, 1.165) is 49.6 Å². The summed E-state index contributed by atoms with van der Waals surface area (Å²) in [7, 11) is 0. The van der Waals surface area contributed by atoms with Crippen LogP contribution in [0.3, 0.4) is 0 Å². The maximum Gasteiger partial charge on any atom is 0.289 e. The van der Waals surface area contributed by atoms with Crippen LogP contribution >= 0.6 is 0 Å². The Bertz CT molecular complexity index is 698. The zero-order valence-electron chi connectivity index (χ0n) is 14.3. The predicted molar refractivity (Wildman–Crippen MR) is 90.6 cm³/mol. The fourth-order valence-corrected chi connectivity index (χ4v) is 3.05. The Morgan fingerprint density at radius 2 is 2.29 bits per heavy atom. The molecule has 0 aromatic carbocycles. The highest BCUT2D eigenvalue weighted by molar-refractivity contribution is 5.91. The van der Waals surface area contributed by atoms with Gasteiger partial charge in [0.2, 0.25) is 5.76 Å². The van der Waals surface area contributed by atoms with Crippen molar-refractivity contribution in [2.45, 2.75) is 33.2 Å². The molecule has 0 aliphatic carbocycles. The van der Waals surface area contributed by atoms with Gasteiger partial charge in [-0.2, -0.15) is 0 Å². The van der Waals surface area contributed by atoms with Crippen LogP contribution in [0.4, 0.5) is 0 Å². The maximum absolute atomic E-state index is 12.1. The van der Waals surface area contributed by atoms with Crippen LogP contribution in [-0.2, 0) is 13.0 Å². The fourth-order valence-electron chi connectivity index (χ4n) is 3.05. The van der Waals surface area contributed by atoms with Gasteiger partial charge < -0.3 is 9.84 Å². The van der Waals surface area contributed by atoms with E-state index in [1.807, 2.05) is 26.0 Å². The van der Waals surface area contributed by atoms with Gasteiger partial charge in [-0.05, 0) is 44.4 Å². The molecule has 1 N–H and O–H groups in total. The molecule has 1 atom stereocenters. The van der Waals surface area contributed by atoms with Crippen LogP contribution in [0.5, 0.6) is 0 Å². The van der Waals surface area contributed by atoms with E-state index in [1.165, 1.54) is 0 Å². The summed E-state index contributed by atoms with van der Waals surface area (Å²) in [5, 5.41) is 6.81. The topological polar surface area (TPSA) is 71.3 Å². The standard InChI is InChI=1S/C18H24N4O2/c1-3-15-9-17(24-21-15)18(23)19-10-14-7-8-22(11-14)12-16-6-4-5-13(2)20-16/h4-6,9,14H,3,7-8,10-12H2,1-2H3,(H,19,23). The van der Waals surface area contributed by atoms with Crippen LogP contribution < -0.4 is 5.32 Å². The van der Waals surface area contributed by atoms with E-state index < -0.39 is 0 Å². The summed E-state index contributed by atoms with van der Waals surface area (Å²) in [5.41, 5.74) is 2.96. The maximum atomic E-state index is 12.1. The number of hydrogen-bond donors (Lipinski definition) is 1. The molecule has 24 heavy (non-hydrogen) atoms. The summed E-state index contributed by atoms with van der Waals surface area (Å²) in [6, 6.07) is 7.84. The van der Waals surface area contributed by atoms with Gasteiger partial charge in [-0.1, -0.05) is 18.1 Å². The number of carbonyl (C=O) groups is 1. The third-order valence-corrected chi connectivity index (χ3v) is 4.40. The Labute approximate surface area is 142 Å². The monoisotopic (exact) mass is 328 g/mol. The number of nitrogens with zero attached hydrogens (tertiary/aromatic N) is 3. The lowest BCUT2D eigenvalue weighted by Crippen LogP contribution is -2.30. The molecule has 128 valence electrons. The van der Waals surface area contributed by atoms with Gasteiger partial charge in [0.15, 0.2) is 0 Å². The fraction of sp³-hybridized carbons (Fsp3) is 0.500. The number of amides is 1. The average molecular weight is 328 g/mol. The molecule has 1 aliphatic heterocycles. The number of rotatable bonds is 6. The first-order valence-electron chi connectivity index (χ1n) is 8.52. The quantitative estimate of drug-likeness (QED) is 0.880. The van der Waals surface area contributed by atoms with E-state index in [9.17, 15) is 4.79 Å². The van der Waals surface area contributed by atoms with Gasteiger partial charge in [-0.25, -0.2) is 0 Å². The molecule has 2 aromatic rings. The van der Waals surface area contributed by atoms with Crippen LogP contribution in [0.1, 0.15) is 41.0 Å². The molecule has 6 nitrogen and oxygen atoms in total. The lowest BCUT2D eigenvalue weighted by molar-refractivity contribution is 0.0910. The van der Waals surface area contributed by atoms with Crippen molar-refractivity contribution in [3.8, 4) is 0 Å². The molecule has 0 bridgehead atoms. The van der Waals surface area contributed by atoms with Crippen molar-refractivity contribution in [2.75, 3.05) is 19.6 Å². The molecule has 1 amide bonds. The van der Waals surface area contributed by atoms with Gasteiger partial charge in [-0.3, -0.25) is 14.7 Å². The van der Waals surface area contributed by atoms with Gasteiger partial charge >= 0.3 is 0 Å². The highest BCUT2D eigenvalue weighted by Crippen LogP contribution is 2.18. The second kappa shape index (κ2) is 7.57. The predicted octanol–water partition coefficient (Wildman–Crippen LogP) is 2.19. The first-order valence-corrected chi connectivity index (χ1v) is 8.52. The molecular weight excluding hydrogens is 304 g/mol. The van der Waals surface area contributed by atoms with Crippen LogP contribution in [0.2, 0.25) is 0 Å². The molecule has 0 radical (unpaired) electrons. The van der Waals surface area contributed by atoms with Gasteiger partial charge in [0.05, 0.1) is 11.4 Å². The largest absolute Gasteiger partial charge is 0.351 e.